The highest BCUT2D eigenvalue weighted by Crippen LogP contribution is 2.17. The van der Waals surface area contributed by atoms with Gasteiger partial charge in [-0.25, -0.2) is 4.39 Å². The number of halogens is 1. The van der Waals surface area contributed by atoms with Gasteiger partial charge in [0.2, 0.25) is 0 Å². The van der Waals surface area contributed by atoms with Gasteiger partial charge in [-0.2, -0.15) is 0 Å². The van der Waals surface area contributed by atoms with Crippen LogP contribution in [-0.2, 0) is 13.1 Å². The first-order chi connectivity index (χ1) is 11.7. The quantitative estimate of drug-likeness (QED) is 0.721. The summed E-state index contributed by atoms with van der Waals surface area (Å²) in [6, 6.07) is 17.1. The molecule has 0 atom stereocenters. The van der Waals surface area contributed by atoms with Crippen LogP contribution in [0.15, 0.2) is 71.3 Å². The molecular formula is C19H17FN2O2. The van der Waals surface area contributed by atoms with Gasteiger partial charge < -0.3 is 15.1 Å². The summed E-state index contributed by atoms with van der Waals surface area (Å²) in [6.45, 7) is 0.754. The van der Waals surface area contributed by atoms with Crippen LogP contribution in [0.2, 0.25) is 0 Å². The Balaban J connectivity index is 1.67. The van der Waals surface area contributed by atoms with Crippen molar-refractivity contribution < 1.29 is 13.6 Å². The lowest BCUT2D eigenvalue weighted by atomic mass is 10.1. The minimum Gasteiger partial charge on any atom is -0.467 e. The topological polar surface area (TPSA) is 54.3 Å². The molecule has 0 aliphatic rings. The van der Waals surface area contributed by atoms with Gasteiger partial charge >= 0.3 is 0 Å². The number of hydrogen-bond acceptors (Lipinski definition) is 3. The zero-order valence-corrected chi connectivity index (χ0v) is 13.0. The molecule has 0 aliphatic heterocycles. The minimum absolute atomic E-state index is 0.200. The predicted molar refractivity (Wildman–Crippen MR) is 90.0 cm³/mol. The van der Waals surface area contributed by atoms with Crippen molar-refractivity contribution in [1.29, 1.82) is 0 Å². The molecule has 24 heavy (non-hydrogen) atoms. The van der Waals surface area contributed by atoms with E-state index in [4.69, 9.17) is 4.42 Å². The molecule has 1 aromatic heterocycles. The van der Waals surface area contributed by atoms with Crippen LogP contribution in [0.3, 0.4) is 0 Å². The second kappa shape index (κ2) is 7.46. The second-order valence-electron chi connectivity index (χ2n) is 5.29. The van der Waals surface area contributed by atoms with Crippen LogP contribution in [0.1, 0.15) is 21.7 Å². The van der Waals surface area contributed by atoms with E-state index >= 15 is 0 Å². The van der Waals surface area contributed by atoms with E-state index in [9.17, 15) is 9.18 Å². The van der Waals surface area contributed by atoms with Crippen LogP contribution in [0.4, 0.5) is 10.1 Å². The molecule has 0 fully saturated rings. The van der Waals surface area contributed by atoms with Crippen molar-refractivity contribution in [3.63, 3.8) is 0 Å². The number of amides is 1. The molecule has 5 heteroatoms. The van der Waals surface area contributed by atoms with Crippen molar-refractivity contribution in [2.75, 3.05) is 5.32 Å². The number of benzene rings is 2. The van der Waals surface area contributed by atoms with Gasteiger partial charge in [0.15, 0.2) is 0 Å². The van der Waals surface area contributed by atoms with Gasteiger partial charge in [-0.15, -0.1) is 0 Å². The van der Waals surface area contributed by atoms with Crippen LogP contribution >= 0.6 is 0 Å². The molecule has 4 nitrogen and oxygen atoms in total. The summed E-state index contributed by atoms with van der Waals surface area (Å²) in [5, 5.41) is 6.00. The monoisotopic (exact) mass is 324 g/mol. The summed E-state index contributed by atoms with van der Waals surface area (Å²) in [5.41, 5.74) is 2.03. The Kier molecular flexibility index (Phi) is 4.91. The van der Waals surface area contributed by atoms with E-state index in [1.165, 1.54) is 12.1 Å². The fourth-order valence-corrected chi connectivity index (χ4v) is 2.36. The molecule has 122 valence electrons. The first kappa shape index (κ1) is 15.8. The third-order valence-corrected chi connectivity index (χ3v) is 3.55. The number of hydrogen-bond donors (Lipinski definition) is 2. The lowest BCUT2D eigenvalue weighted by molar-refractivity contribution is 0.0949. The number of carbonyl (C=O) groups is 1. The Labute approximate surface area is 139 Å². The molecule has 3 rings (SSSR count). The van der Waals surface area contributed by atoms with Gasteiger partial charge in [0.1, 0.15) is 11.6 Å². The van der Waals surface area contributed by atoms with E-state index in [0.717, 1.165) is 5.56 Å². The third kappa shape index (κ3) is 4.01. The van der Waals surface area contributed by atoms with Crippen LogP contribution in [0.5, 0.6) is 0 Å². The van der Waals surface area contributed by atoms with Crippen LogP contribution in [0, 0.1) is 5.82 Å². The molecule has 0 bridgehead atoms. The molecule has 0 unspecified atom stereocenters. The SMILES string of the molecule is O=C(NCc1ccco1)c1ccccc1NCc1cccc(F)c1. The second-order valence-corrected chi connectivity index (χ2v) is 5.29. The maximum absolute atomic E-state index is 13.2. The molecule has 0 saturated heterocycles. The number of furan rings is 1. The fourth-order valence-electron chi connectivity index (χ4n) is 2.36. The fraction of sp³-hybridized carbons (Fsp3) is 0.105. The van der Waals surface area contributed by atoms with Gasteiger partial charge in [-0.05, 0) is 42.0 Å². The van der Waals surface area contributed by atoms with Crippen molar-refractivity contribution in [3.8, 4) is 0 Å². The number of carbonyl (C=O) groups excluding carboxylic acids is 1. The van der Waals surface area contributed by atoms with Crippen molar-refractivity contribution in [2.24, 2.45) is 0 Å². The summed E-state index contributed by atoms with van der Waals surface area (Å²) >= 11 is 0. The van der Waals surface area contributed by atoms with Gasteiger partial charge in [0.05, 0.1) is 18.4 Å². The molecule has 0 radical (unpaired) electrons. The average molecular weight is 324 g/mol. The largest absolute Gasteiger partial charge is 0.467 e. The molecule has 2 N–H and O–H groups in total. The van der Waals surface area contributed by atoms with Gasteiger partial charge in [-0.3, -0.25) is 4.79 Å². The van der Waals surface area contributed by atoms with Crippen LogP contribution in [-0.4, -0.2) is 5.91 Å². The molecule has 0 saturated carbocycles. The predicted octanol–water partition coefficient (Wildman–Crippen LogP) is 3.96. The van der Waals surface area contributed by atoms with E-state index in [1.54, 1.807) is 36.6 Å². The molecule has 2 aromatic carbocycles. The Morgan fingerprint density at radius 3 is 2.67 bits per heavy atom. The van der Waals surface area contributed by atoms with E-state index in [1.807, 2.05) is 18.2 Å². The lowest BCUT2D eigenvalue weighted by Crippen LogP contribution is -2.23. The Hall–Kier alpha value is -3.08. The van der Waals surface area contributed by atoms with Crippen molar-refractivity contribution in [2.45, 2.75) is 13.1 Å². The summed E-state index contributed by atoms with van der Waals surface area (Å²) in [5.74, 6) is 0.209. The first-order valence-corrected chi connectivity index (χ1v) is 7.60. The maximum Gasteiger partial charge on any atom is 0.253 e. The van der Waals surface area contributed by atoms with Crippen molar-refractivity contribution in [1.82, 2.24) is 5.32 Å². The van der Waals surface area contributed by atoms with E-state index in [2.05, 4.69) is 10.6 Å². The summed E-state index contributed by atoms with van der Waals surface area (Å²) in [4.78, 5) is 12.4. The van der Waals surface area contributed by atoms with Crippen LogP contribution in [0.25, 0.3) is 0 Å². The Morgan fingerprint density at radius 2 is 1.88 bits per heavy atom. The number of anilines is 1. The lowest BCUT2D eigenvalue weighted by Gasteiger charge is -2.12. The van der Waals surface area contributed by atoms with Crippen molar-refractivity contribution >= 4 is 11.6 Å². The molecule has 1 heterocycles. The molecular weight excluding hydrogens is 307 g/mol. The zero-order chi connectivity index (χ0) is 16.8. The standard InChI is InChI=1S/C19H17FN2O2/c20-15-6-3-5-14(11-15)12-21-18-9-2-1-8-17(18)19(23)22-13-16-7-4-10-24-16/h1-11,21H,12-13H2,(H,22,23). The normalized spacial score (nSPS) is 10.4. The minimum atomic E-state index is -0.279. The number of rotatable bonds is 6. The third-order valence-electron chi connectivity index (χ3n) is 3.55. The smallest absolute Gasteiger partial charge is 0.253 e. The van der Waals surface area contributed by atoms with Gasteiger partial charge in [0, 0.05) is 12.2 Å². The summed E-state index contributed by atoms with van der Waals surface area (Å²) < 4.78 is 18.4. The van der Waals surface area contributed by atoms with Crippen LogP contribution < -0.4 is 10.6 Å². The number of nitrogens with one attached hydrogen (secondary N) is 2. The zero-order valence-electron chi connectivity index (χ0n) is 13.0. The van der Waals surface area contributed by atoms with E-state index < -0.39 is 0 Å². The van der Waals surface area contributed by atoms with Gasteiger partial charge in [-0.1, -0.05) is 24.3 Å². The summed E-state index contributed by atoms with van der Waals surface area (Å²) in [6.07, 6.45) is 1.57. The van der Waals surface area contributed by atoms with Crippen molar-refractivity contribution in [3.05, 3.63) is 89.6 Å². The van der Waals surface area contributed by atoms with Gasteiger partial charge in [0.25, 0.3) is 5.91 Å². The Morgan fingerprint density at radius 1 is 1.00 bits per heavy atom. The molecule has 1 amide bonds. The number of para-hydroxylation sites is 1. The van der Waals surface area contributed by atoms with E-state index in [-0.39, 0.29) is 11.7 Å². The highest BCUT2D eigenvalue weighted by molar-refractivity contribution is 5.99. The molecule has 0 spiro atoms. The molecule has 0 aliphatic carbocycles. The highest BCUT2D eigenvalue weighted by Gasteiger charge is 2.11. The van der Waals surface area contributed by atoms with E-state index in [0.29, 0.717) is 30.1 Å². The average Bonchev–Trinajstić information content (AvgIpc) is 3.12. The maximum atomic E-state index is 13.2. The molecule has 3 aromatic rings. The highest BCUT2D eigenvalue weighted by atomic mass is 19.1. The first-order valence-electron chi connectivity index (χ1n) is 7.60. The Bertz CT molecular complexity index is 816. The summed E-state index contributed by atoms with van der Waals surface area (Å²) in [7, 11) is 0.